The van der Waals surface area contributed by atoms with Crippen LogP contribution in [-0.4, -0.2) is 33.3 Å². The first-order chi connectivity index (χ1) is 7.91. The van der Waals surface area contributed by atoms with Gasteiger partial charge in [-0.1, -0.05) is 27.2 Å². The molecule has 0 heterocycles. The molecule has 0 aromatic heterocycles. The third-order valence-corrected chi connectivity index (χ3v) is 4.31. The van der Waals surface area contributed by atoms with Crippen LogP contribution in [-0.2, 0) is 10.0 Å². The lowest BCUT2D eigenvalue weighted by atomic mass is 10.0. The van der Waals surface area contributed by atoms with Gasteiger partial charge in [0, 0.05) is 12.6 Å². The molecule has 2 N–H and O–H groups in total. The van der Waals surface area contributed by atoms with Crippen molar-refractivity contribution in [2.75, 3.05) is 18.8 Å². The SMILES string of the molecule is CCCNCCS(=O)(=O)NC(C)CC(C)CC. The molecule has 0 saturated heterocycles. The van der Waals surface area contributed by atoms with Crippen LogP contribution in [0.5, 0.6) is 0 Å². The maximum Gasteiger partial charge on any atom is 0.213 e. The molecule has 0 spiro atoms. The zero-order valence-corrected chi connectivity index (χ0v) is 12.4. The summed E-state index contributed by atoms with van der Waals surface area (Å²) in [4.78, 5) is 0. The summed E-state index contributed by atoms with van der Waals surface area (Å²) in [7, 11) is -3.13. The molecule has 0 fully saturated rings. The van der Waals surface area contributed by atoms with E-state index in [9.17, 15) is 8.42 Å². The standard InChI is InChI=1S/C12H28N2O2S/c1-5-7-13-8-9-17(15,16)14-12(4)10-11(3)6-2/h11-14H,5-10H2,1-4H3. The smallest absolute Gasteiger partial charge is 0.213 e. The van der Waals surface area contributed by atoms with Crippen molar-refractivity contribution < 1.29 is 8.42 Å². The van der Waals surface area contributed by atoms with E-state index >= 15 is 0 Å². The van der Waals surface area contributed by atoms with E-state index in [0.717, 1.165) is 25.8 Å². The summed E-state index contributed by atoms with van der Waals surface area (Å²) in [6.45, 7) is 9.67. The molecule has 0 saturated carbocycles. The molecule has 0 amide bonds. The molecule has 0 aromatic carbocycles. The monoisotopic (exact) mass is 264 g/mol. The van der Waals surface area contributed by atoms with Crippen molar-refractivity contribution in [3.63, 3.8) is 0 Å². The first-order valence-electron chi connectivity index (χ1n) is 6.62. The lowest BCUT2D eigenvalue weighted by Crippen LogP contribution is -2.38. The van der Waals surface area contributed by atoms with Crippen LogP contribution in [0.25, 0.3) is 0 Å². The van der Waals surface area contributed by atoms with Crippen molar-refractivity contribution in [1.29, 1.82) is 0 Å². The molecule has 0 aliphatic rings. The Morgan fingerprint density at radius 1 is 1.12 bits per heavy atom. The second-order valence-electron chi connectivity index (χ2n) is 4.84. The molecular formula is C12H28N2O2S. The third-order valence-electron chi connectivity index (χ3n) is 2.81. The molecule has 0 bridgehead atoms. The van der Waals surface area contributed by atoms with Gasteiger partial charge in [-0.15, -0.1) is 0 Å². The minimum absolute atomic E-state index is 0.0288. The highest BCUT2D eigenvalue weighted by Gasteiger charge is 2.15. The van der Waals surface area contributed by atoms with Crippen LogP contribution in [0.2, 0.25) is 0 Å². The highest BCUT2D eigenvalue weighted by atomic mass is 32.2. The summed E-state index contributed by atoms with van der Waals surface area (Å²) in [5.74, 6) is 0.726. The van der Waals surface area contributed by atoms with Gasteiger partial charge in [-0.2, -0.15) is 0 Å². The van der Waals surface area contributed by atoms with Crippen molar-refractivity contribution in [2.45, 2.75) is 53.0 Å². The second kappa shape index (κ2) is 8.89. The maximum absolute atomic E-state index is 11.7. The molecule has 0 aromatic rings. The molecule has 4 nitrogen and oxygen atoms in total. The van der Waals surface area contributed by atoms with Gasteiger partial charge in [-0.05, 0) is 32.2 Å². The summed E-state index contributed by atoms with van der Waals surface area (Å²) < 4.78 is 26.2. The number of hydrogen-bond donors (Lipinski definition) is 2. The zero-order chi connectivity index (χ0) is 13.3. The summed E-state index contributed by atoms with van der Waals surface area (Å²) in [6, 6.07) is 0.0288. The van der Waals surface area contributed by atoms with Gasteiger partial charge in [0.2, 0.25) is 10.0 Å². The Hall–Kier alpha value is -0.130. The van der Waals surface area contributed by atoms with Crippen molar-refractivity contribution in [3.05, 3.63) is 0 Å². The van der Waals surface area contributed by atoms with Gasteiger partial charge in [-0.25, -0.2) is 13.1 Å². The lowest BCUT2D eigenvalue weighted by Gasteiger charge is -2.17. The second-order valence-corrected chi connectivity index (χ2v) is 6.71. The van der Waals surface area contributed by atoms with E-state index in [-0.39, 0.29) is 11.8 Å². The average molecular weight is 264 g/mol. The first kappa shape index (κ1) is 16.9. The van der Waals surface area contributed by atoms with Gasteiger partial charge in [-0.3, -0.25) is 0 Å². The minimum Gasteiger partial charge on any atom is -0.316 e. The van der Waals surface area contributed by atoms with Crippen LogP contribution >= 0.6 is 0 Å². The van der Waals surface area contributed by atoms with E-state index in [1.165, 1.54) is 0 Å². The normalized spacial score (nSPS) is 15.8. The van der Waals surface area contributed by atoms with E-state index in [2.05, 4.69) is 30.8 Å². The van der Waals surface area contributed by atoms with Crippen molar-refractivity contribution in [2.24, 2.45) is 5.92 Å². The van der Waals surface area contributed by atoms with E-state index in [1.54, 1.807) is 0 Å². The Labute approximate surface area is 107 Å². The van der Waals surface area contributed by atoms with Gasteiger partial charge < -0.3 is 5.32 Å². The maximum atomic E-state index is 11.7. The molecule has 0 aliphatic heterocycles. The molecule has 17 heavy (non-hydrogen) atoms. The van der Waals surface area contributed by atoms with Crippen LogP contribution in [0.1, 0.15) is 47.0 Å². The quantitative estimate of drug-likeness (QED) is 0.591. The van der Waals surface area contributed by atoms with Gasteiger partial charge in [0.25, 0.3) is 0 Å². The summed E-state index contributed by atoms with van der Waals surface area (Å²) in [6.07, 6.45) is 3.01. The average Bonchev–Trinajstić information content (AvgIpc) is 2.23. The summed E-state index contributed by atoms with van der Waals surface area (Å²) >= 11 is 0. The number of sulfonamides is 1. The topological polar surface area (TPSA) is 58.2 Å². The number of rotatable bonds is 10. The highest BCUT2D eigenvalue weighted by molar-refractivity contribution is 7.89. The number of hydrogen-bond acceptors (Lipinski definition) is 3. The molecule has 104 valence electrons. The highest BCUT2D eigenvalue weighted by Crippen LogP contribution is 2.09. The minimum atomic E-state index is -3.13. The van der Waals surface area contributed by atoms with Gasteiger partial charge in [0.1, 0.15) is 0 Å². The van der Waals surface area contributed by atoms with Gasteiger partial charge in [0.05, 0.1) is 5.75 Å². The summed E-state index contributed by atoms with van der Waals surface area (Å²) in [5, 5.41) is 3.10. The van der Waals surface area contributed by atoms with Crippen LogP contribution in [0.4, 0.5) is 0 Å². The molecular weight excluding hydrogens is 236 g/mol. The van der Waals surface area contributed by atoms with E-state index in [4.69, 9.17) is 0 Å². The van der Waals surface area contributed by atoms with Crippen molar-refractivity contribution in [3.8, 4) is 0 Å². The molecule has 0 aliphatic carbocycles. The first-order valence-corrected chi connectivity index (χ1v) is 8.27. The van der Waals surface area contributed by atoms with E-state index in [0.29, 0.717) is 12.5 Å². The van der Waals surface area contributed by atoms with E-state index in [1.807, 2.05) is 6.92 Å². The van der Waals surface area contributed by atoms with Crippen LogP contribution in [0, 0.1) is 5.92 Å². The van der Waals surface area contributed by atoms with Gasteiger partial charge >= 0.3 is 0 Å². The Balaban J connectivity index is 3.90. The lowest BCUT2D eigenvalue weighted by molar-refractivity contribution is 0.445. The molecule has 2 unspecified atom stereocenters. The molecule has 0 rings (SSSR count). The Bertz CT molecular complexity index is 278. The van der Waals surface area contributed by atoms with E-state index < -0.39 is 10.0 Å². The zero-order valence-electron chi connectivity index (χ0n) is 11.6. The third kappa shape index (κ3) is 9.56. The molecule has 2 atom stereocenters. The van der Waals surface area contributed by atoms with Crippen LogP contribution in [0.15, 0.2) is 0 Å². The predicted molar refractivity (Wildman–Crippen MR) is 73.6 cm³/mol. The number of nitrogens with one attached hydrogen (secondary N) is 2. The Kier molecular flexibility index (Phi) is 8.82. The Morgan fingerprint density at radius 3 is 2.29 bits per heavy atom. The fraction of sp³-hybridized carbons (Fsp3) is 1.00. The molecule has 0 radical (unpaired) electrons. The van der Waals surface area contributed by atoms with Gasteiger partial charge in [0.15, 0.2) is 0 Å². The fourth-order valence-electron chi connectivity index (χ4n) is 1.69. The summed E-state index contributed by atoms with van der Waals surface area (Å²) in [5.41, 5.74) is 0. The molecule has 5 heteroatoms. The fourth-order valence-corrected chi connectivity index (χ4v) is 2.93. The van der Waals surface area contributed by atoms with Crippen molar-refractivity contribution >= 4 is 10.0 Å². The van der Waals surface area contributed by atoms with Crippen LogP contribution in [0.3, 0.4) is 0 Å². The van der Waals surface area contributed by atoms with Crippen LogP contribution < -0.4 is 10.0 Å². The largest absolute Gasteiger partial charge is 0.316 e. The Morgan fingerprint density at radius 2 is 1.76 bits per heavy atom. The van der Waals surface area contributed by atoms with Crippen molar-refractivity contribution in [1.82, 2.24) is 10.0 Å². The predicted octanol–water partition coefficient (Wildman–Crippen LogP) is 1.73.